The van der Waals surface area contributed by atoms with Crippen LogP contribution in [0, 0.1) is 5.82 Å². The maximum Gasteiger partial charge on any atom is 0.244 e. The fraction of sp³-hybridized carbons (Fsp3) is 0.280. The van der Waals surface area contributed by atoms with E-state index in [1.807, 2.05) is 18.2 Å². The van der Waals surface area contributed by atoms with Gasteiger partial charge in [0.05, 0.1) is 13.3 Å². The number of piperazine rings is 1. The molecule has 0 atom stereocenters. The van der Waals surface area contributed by atoms with Crippen LogP contribution in [-0.2, 0) is 17.9 Å². The number of hydrogen-bond acceptors (Lipinski definition) is 5. The smallest absolute Gasteiger partial charge is 0.244 e. The van der Waals surface area contributed by atoms with Gasteiger partial charge in [-0.2, -0.15) is 0 Å². The largest absolute Gasteiger partial charge is 0.491 e. The molecule has 2 heterocycles. The summed E-state index contributed by atoms with van der Waals surface area (Å²) in [6, 6.07) is 17.4. The first-order chi connectivity index (χ1) is 16.0. The summed E-state index contributed by atoms with van der Waals surface area (Å²) in [7, 11) is 1.43. The Bertz CT molecular complexity index is 1140. The van der Waals surface area contributed by atoms with E-state index in [2.05, 4.69) is 27.2 Å². The van der Waals surface area contributed by atoms with Gasteiger partial charge in [0.15, 0.2) is 5.75 Å². The third-order valence-electron chi connectivity index (χ3n) is 5.72. The molecule has 172 valence electrons. The summed E-state index contributed by atoms with van der Waals surface area (Å²) in [5, 5.41) is 2.76. The normalized spacial score (nSPS) is 14.2. The van der Waals surface area contributed by atoms with Crippen LogP contribution in [-0.4, -0.2) is 48.7 Å². The zero-order chi connectivity index (χ0) is 23.2. The molecule has 8 heteroatoms. The van der Waals surface area contributed by atoms with E-state index in [0.29, 0.717) is 12.2 Å². The fourth-order valence-electron chi connectivity index (χ4n) is 3.95. The van der Waals surface area contributed by atoms with Gasteiger partial charge in [-0.1, -0.05) is 18.2 Å². The third kappa shape index (κ3) is 5.78. The summed E-state index contributed by atoms with van der Waals surface area (Å²) >= 11 is 0. The number of anilines is 2. The Kier molecular flexibility index (Phi) is 7.04. The number of carbonyl (C=O) groups is 1. The molecular formula is C25H27FN4O3. The number of halogens is 1. The number of ether oxygens (including phenoxy) is 1. The van der Waals surface area contributed by atoms with Crippen molar-refractivity contribution in [1.29, 1.82) is 0 Å². The van der Waals surface area contributed by atoms with Crippen molar-refractivity contribution in [3.8, 4) is 5.75 Å². The molecule has 1 fully saturated rings. The molecule has 0 spiro atoms. The molecule has 4 rings (SSSR count). The van der Waals surface area contributed by atoms with Crippen molar-refractivity contribution in [2.24, 2.45) is 0 Å². The van der Waals surface area contributed by atoms with Crippen LogP contribution in [0.2, 0.25) is 0 Å². The van der Waals surface area contributed by atoms with Crippen LogP contribution in [0.5, 0.6) is 5.75 Å². The minimum atomic E-state index is -0.368. The molecule has 1 aromatic heterocycles. The van der Waals surface area contributed by atoms with Crippen molar-refractivity contribution in [3.05, 3.63) is 88.6 Å². The first-order valence-electron chi connectivity index (χ1n) is 10.9. The van der Waals surface area contributed by atoms with Crippen LogP contribution in [0.4, 0.5) is 15.8 Å². The van der Waals surface area contributed by atoms with Crippen LogP contribution in [0.1, 0.15) is 5.69 Å². The highest BCUT2D eigenvalue weighted by Crippen LogP contribution is 2.17. The molecule has 1 aliphatic rings. The highest BCUT2D eigenvalue weighted by atomic mass is 19.1. The molecule has 1 N–H and O–H groups in total. The van der Waals surface area contributed by atoms with E-state index in [1.54, 1.807) is 10.8 Å². The first kappa shape index (κ1) is 22.5. The number of nitrogens with one attached hydrogen (secondary N) is 1. The molecule has 1 amide bonds. The van der Waals surface area contributed by atoms with Crippen LogP contribution in [0.15, 0.2) is 71.7 Å². The number of hydrogen-bond donors (Lipinski definition) is 1. The Morgan fingerprint density at radius 2 is 1.73 bits per heavy atom. The molecule has 3 aromatic rings. The van der Waals surface area contributed by atoms with Gasteiger partial charge in [-0.3, -0.25) is 14.5 Å². The summed E-state index contributed by atoms with van der Waals surface area (Å²) in [4.78, 5) is 29.7. The van der Waals surface area contributed by atoms with Crippen LogP contribution in [0.25, 0.3) is 0 Å². The lowest BCUT2D eigenvalue weighted by Gasteiger charge is -2.36. The summed E-state index contributed by atoms with van der Waals surface area (Å²) < 4.78 is 20.0. The van der Waals surface area contributed by atoms with E-state index < -0.39 is 0 Å². The highest BCUT2D eigenvalue weighted by molar-refractivity contribution is 5.90. The van der Waals surface area contributed by atoms with Crippen LogP contribution < -0.4 is 20.4 Å². The number of para-hydroxylation sites is 1. The van der Waals surface area contributed by atoms with Crippen molar-refractivity contribution < 1.29 is 13.9 Å². The van der Waals surface area contributed by atoms with Gasteiger partial charge in [-0.15, -0.1) is 0 Å². The lowest BCUT2D eigenvalue weighted by atomic mass is 10.2. The minimum absolute atomic E-state index is 0.00727. The zero-order valence-electron chi connectivity index (χ0n) is 18.5. The van der Waals surface area contributed by atoms with E-state index in [1.165, 1.54) is 43.1 Å². The maximum absolute atomic E-state index is 13.1. The molecule has 1 aliphatic heterocycles. The van der Waals surface area contributed by atoms with Crippen LogP contribution in [0.3, 0.4) is 0 Å². The molecule has 0 unspecified atom stereocenters. The molecule has 33 heavy (non-hydrogen) atoms. The van der Waals surface area contributed by atoms with Crippen molar-refractivity contribution >= 4 is 17.3 Å². The molecule has 2 aromatic carbocycles. The van der Waals surface area contributed by atoms with Crippen molar-refractivity contribution in [3.63, 3.8) is 0 Å². The summed E-state index contributed by atoms with van der Waals surface area (Å²) in [5.74, 6) is -0.461. The second-order valence-corrected chi connectivity index (χ2v) is 7.98. The second kappa shape index (κ2) is 10.3. The standard InChI is InChI=1S/C25H27FN4O3/c1-33-24-17-30(18-25(32)27-20-9-7-19(26)8-10-20)22(15-23(24)31)16-28-11-13-29(14-12-28)21-5-3-2-4-6-21/h2-10,15,17H,11-14,16,18H2,1H3,(H,27,32). The number of nitrogens with zero attached hydrogens (tertiary/aromatic N) is 3. The molecule has 7 nitrogen and oxygen atoms in total. The second-order valence-electron chi connectivity index (χ2n) is 7.98. The lowest BCUT2D eigenvalue weighted by Crippen LogP contribution is -2.46. The molecule has 1 saturated heterocycles. The minimum Gasteiger partial charge on any atom is -0.491 e. The summed E-state index contributed by atoms with van der Waals surface area (Å²) in [5.41, 5.74) is 2.23. The van der Waals surface area contributed by atoms with Crippen molar-refractivity contribution in [1.82, 2.24) is 9.47 Å². The molecular weight excluding hydrogens is 423 g/mol. The average molecular weight is 451 g/mol. The highest BCUT2D eigenvalue weighted by Gasteiger charge is 2.19. The summed E-state index contributed by atoms with van der Waals surface area (Å²) in [6.07, 6.45) is 1.57. The van der Waals surface area contributed by atoms with Gasteiger partial charge < -0.3 is 19.5 Å². The zero-order valence-corrected chi connectivity index (χ0v) is 18.5. The Morgan fingerprint density at radius 3 is 2.39 bits per heavy atom. The molecule has 0 saturated carbocycles. The molecule has 0 bridgehead atoms. The van der Waals surface area contributed by atoms with Gasteiger partial charge in [0.1, 0.15) is 12.4 Å². The van der Waals surface area contributed by atoms with Gasteiger partial charge in [-0.05, 0) is 36.4 Å². The topological polar surface area (TPSA) is 66.8 Å². The van der Waals surface area contributed by atoms with Gasteiger partial charge in [0, 0.05) is 55.9 Å². The number of aromatic nitrogens is 1. The Labute approximate surface area is 192 Å². The van der Waals surface area contributed by atoms with E-state index >= 15 is 0 Å². The van der Waals surface area contributed by atoms with Crippen molar-refractivity contribution in [2.45, 2.75) is 13.1 Å². The predicted molar refractivity (Wildman–Crippen MR) is 126 cm³/mol. The predicted octanol–water partition coefficient (Wildman–Crippen LogP) is 2.96. The van der Waals surface area contributed by atoms with Gasteiger partial charge in [-0.25, -0.2) is 4.39 Å². The van der Waals surface area contributed by atoms with E-state index in [4.69, 9.17) is 4.74 Å². The Hall–Kier alpha value is -3.65. The number of benzene rings is 2. The average Bonchev–Trinajstić information content (AvgIpc) is 2.83. The Balaban J connectivity index is 1.45. The number of pyridine rings is 1. The molecule has 0 radical (unpaired) electrons. The fourth-order valence-corrected chi connectivity index (χ4v) is 3.95. The first-order valence-corrected chi connectivity index (χ1v) is 10.9. The van der Waals surface area contributed by atoms with E-state index in [-0.39, 0.29) is 29.4 Å². The SMILES string of the molecule is COc1cn(CC(=O)Nc2ccc(F)cc2)c(CN2CCN(c3ccccc3)CC2)cc1=O. The van der Waals surface area contributed by atoms with Gasteiger partial charge in [0.2, 0.25) is 11.3 Å². The van der Waals surface area contributed by atoms with E-state index in [0.717, 1.165) is 31.9 Å². The summed E-state index contributed by atoms with van der Waals surface area (Å²) in [6.45, 7) is 4.01. The Morgan fingerprint density at radius 1 is 1.03 bits per heavy atom. The number of rotatable bonds is 7. The lowest BCUT2D eigenvalue weighted by molar-refractivity contribution is -0.116. The number of methoxy groups -OCH3 is 1. The van der Waals surface area contributed by atoms with Crippen LogP contribution >= 0.6 is 0 Å². The monoisotopic (exact) mass is 450 g/mol. The number of amides is 1. The van der Waals surface area contributed by atoms with Crippen molar-refractivity contribution in [2.75, 3.05) is 43.5 Å². The third-order valence-corrected chi connectivity index (χ3v) is 5.72. The van der Waals surface area contributed by atoms with Gasteiger partial charge in [0.25, 0.3) is 0 Å². The quantitative estimate of drug-likeness (QED) is 0.600. The maximum atomic E-state index is 13.1. The van der Waals surface area contributed by atoms with E-state index in [9.17, 15) is 14.0 Å². The number of carbonyl (C=O) groups excluding carboxylic acids is 1. The van der Waals surface area contributed by atoms with Gasteiger partial charge >= 0.3 is 0 Å². The molecule has 0 aliphatic carbocycles.